The molecular weight excluding hydrogens is 222 g/mol. The van der Waals surface area contributed by atoms with E-state index in [4.69, 9.17) is 11.6 Å². The minimum atomic E-state index is 0.476. The van der Waals surface area contributed by atoms with Crippen molar-refractivity contribution < 1.29 is 0 Å². The van der Waals surface area contributed by atoms with Crippen molar-refractivity contribution in [1.29, 1.82) is 0 Å². The topological polar surface area (TPSA) is 37.8 Å². The molecule has 0 radical (unpaired) electrons. The number of nitrogens with one attached hydrogen (secondary N) is 1. The number of nitrogens with zero attached hydrogens (tertiary/aromatic N) is 2. The molecule has 0 atom stereocenters. The Labute approximate surface area is 99.5 Å². The highest BCUT2D eigenvalue weighted by Gasteiger charge is 2.01. The van der Waals surface area contributed by atoms with Crippen LogP contribution < -0.4 is 5.32 Å². The molecule has 0 aliphatic carbocycles. The lowest BCUT2D eigenvalue weighted by Gasteiger charge is -2.05. The molecule has 0 unspecified atom stereocenters. The average molecular weight is 234 g/mol. The smallest absolute Gasteiger partial charge is 0.228 e. The molecule has 3 nitrogen and oxygen atoms in total. The highest BCUT2D eigenvalue weighted by molar-refractivity contribution is 6.30. The SMILES string of the molecule is Cc1ccc(Nc2ncc(C)c(Cl)n2)cc1. The molecule has 2 aromatic rings. The number of aromatic nitrogens is 2. The quantitative estimate of drug-likeness (QED) is 0.807. The molecule has 0 fully saturated rings. The van der Waals surface area contributed by atoms with Gasteiger partial charge >= 0.3 is 0 Å². The standard InChI is InChI=1S/C12H12ClN3/c1-8-3-5-10(6-4-8)15-12-14-7-9(2)11(13)16-12/h3-7H,1-2H3,(H,14,15,16). The van der Waals surface area contributed by atoms with Crippen molar-refractivity contribution in [2.75, 3.05) is 5.32 Å². The summed E-state index contributed by atoms with van der Waals surface area (Å²) in [6.45, 7) is 3.92. The molecule has 4 heteroatoms. The molecule has 0 saturated heterocycles. The van der Waals surface area contributed by atoms with E-state index < -0.39 is 0 Å². The molecule has 1 N–H and O–H groups in total. The molecule has 1 heterocycles. The monoisotopic (exact) mass is 233 g/mol. The van der Waals surface area contributed by atoms with Gasteiger partial charge in [0, 0.05) is 17.4 Å². The Morgan fingerprint density at radius 1 is 1.12 bits per heavy atom. The van der Waals surface area contributed by atoms with E-state index in [0.29, 0.717) is 11.1 Å². The Kier molecular flexibility index (Phi) is 3.06. The van der Waals surface area contributed by atoms with Crippen LogP contribution in [-0.4, -0.2) is 9.97 Å². The molecule has 1 aromatic carbocycles. The van der Waals surface area contributed by atoms with Crippen LogP contribution in [0.3, 0.4) is 0 Å². The number of hydrogen-bond donors (Lipinski definition) is 1. The van der Waals surface area contributed by atoms with Gasteiger partial charge in [0.2, 0.25) is 5.95 Å². The van der Waals surface area contributed by atoms with Gasteiger partial charge in [-0.3, -0.25) is 0 Å². The van der Waals surface area contributed by atoms with E-state index in [-0.39, 0.29) is 0 Å². The summed E-state index contributed by atoms with van der Waals surface area (Å²) in [4.78, 5) is 8.28. The van der Waals surface area contributed by atoms with Crippen molar-refractivity contribution in [2.24, 2.45) is 0 Å². The summed E-state index contributed by atoms with van der Waals surface area (Å²) in [5.74, 6) is 0.513. The zero-order chi connectivity index (χ0) is 11.5. The van der Waals surface area contributed by atoms with Gasteiger partial charge in [-0.05, 0) is 26.0 Å². The van der Waals surface area contributed by atoms with Crippen molar-refractivity contribution in [3.63, 3.8) is 0 Å². The average Bonchev–Trinajstić information content (AvgIpc) is 2.27. The minimum absolute atomic E-state index is 0.476. The van der Waals surface area contributed by atoms with Crippen LogP contribution in [-0.2, 0) is 0 Å². The van der Waals surface area contributed by atoms with E-state index in [9.17, 15) is 0 Å². The molecule has 0 aliphatic heterocycles. The number of hydrogen-bond acceptors (Lipinski definition) is 3. The first kappa shape index (κ1) is 10.9. The molecule has 0 spiro atoms. The highest BCUT2D eigenvalue weighted by atomic mass is 35.5. The lowest BCUT2D eigenvalue weighted by atomic mass is 10.2. The van der Waals surface area contributed by atoms with Crippen LogP contribution in [0.5, 0.6) is 0 Å². The molecule has 0 amide bonds. The molecular formula is C12H12ClN3. The van der Waals surface area contributed by atoms with Gasteiger partial charge in [0.05, 0.1) is 0 Å². The van der Waals surface area contributed by atoms with Crippen LogP contribution in [0.4, 0.5) is 11.6 Å². The lowest BCUT2D eigenvalue weighted by Crippen LogP contribution is -1.97. The zero-order valence-corrected chi connectivity index (χ0v) is 9.92. The van der Waals surface area contributed by atoms with Gasteiger partial charge < -0.3 is 5.32 Å². The number of halogens is 1. The fraction of sp³-hybridized carbons (Fsp3) is 0.167. The van der Waals surface area contributed by atoms with Crippen LogP contribution in [0.2, 0.25) is 5.15 Å². The van der Waals surface area contributed by atoms with Crippen LogP contribution in [0, 0.1) is 13.8 Å². The Balaban J connectivity index is 2.20. The molecule has 0 bridgehead atoms. The summed E-state index contributed by atoms with van der Waals surface area (Å²) in [5, 5.41) is 3.57. The summed E-state index contributed by atoms with van der Waals surface area (Å²) >= 11 is 5.91. The maximum atomic E-state index is 5.91. The van der Waals surface area contributed by atoms with E-state index in [1.54, 1.807) is 6.20 Å². The van der Waals surface area contributed by atoms with Crippen molar-refractivity contribution in [3.8, 4) is 0 Å². The van der Waals surface area contributed by atoms with Gasteiger partial charge in [-0.15, -0.1) is 0 Å². The largest absolute Gasteiger partial charge is 0.324 e. The van der Waals surface area contributed by atoms with E-state index >= 15 is 0 Å². The molecule has 16 heavy (non-hydrogen) atoms. The highest BCUT2D eigenvalue weighted by Crippen LogP contribution is 2.16. The summed E-state index contributed by atoms with van der Waals surface area (Å²) in [6, 6.07) is 8.01. The Hall–Kier alpha value is -1.61. The van der Waals surface area contributed by atoms with Crippen molar-refractivity contribution in [3.05, 3.63) is 46.7 Å². The number of rotatable bonds is 2. The van der Waals surface area contributed by atoms with Crippen LogP contribution in [0.15, 0.2) is 30.5 Å². The number of anilines is 2. The van der Waals surface area contributed by atoms with Crippen molar-refractivity contribution in [1.82, 2.24) is 9.97 Å². The molecule has 0 aliphatic rings. The van der Waals surface area contributed by atoms with Gasteiger partial charge in [0.1, 0.15) is 5.15 Å². The third kappa shape index (κ3) is 2.49. The van der Waals surface area contributed by atoms with Crippen molar-refractivity contribution >= 4 is 23.2 Å². The Morgan fingerprint density at radius 3 is 2.44 bits per heavy atom. The Bertz CT molecular complexity index is 494. The van der Waals surface area contributed by atoms with Crippen LogP contribution in [0.25, 0.3) is 0 Å². The van der Waals surface area contributed by atoms with E-state index in [1.807, 2.05) is 38.1 Å². The third-order valence-electron chi connectivity index (χ3n) is 2.22. The van der Waals surface area contributed by atoms with Gasteiger partial charge in [-0.2, -0.15) is 0 Å². The molecule has 0 saturated carbocycles. The van der Waals surface area contributed by atoms with Gasteiger partial charge in [-0.1, -0.05) is 29.3 Å². The van der Waals surface area contributed by atoms with Crippen molar-refractivity contribution in [2.45, 2.75) is 13.8 Å². The maximum absolute atomic E-state index is 5.91. The number of aryl methyl sites for hydroxylation is 2. The zero-order valence-electron chi connectivity index (χ0n) is 9.16. The predicted octanol–water partition coefficient (Wildman–Crippen LogP) is 3.49. The summed E-state index contributed by atoms with van der Waals surface area (Å²) in [6.07, 6.45) is 1.70. The predicted molar refractivity (Wildman–Crippen MR) is 66.2 cm³/mol. The first-order valence-corrected chi connectivity index (χ1v) is 5.36. The van der Waals surface area contributed by atoms with E-state index in [1.165, 1.54) is 5.56 Å². The van der Waals surface area contributed by atoms with Crippen LogP contribution in [0.1, 0.15) is 11.1 Å². The molecule has 2 rings (SSSR count). The fourth-order valence-corrected chi connectivity index (χ4v) is 1.38. The second-order valence-corrected chi connectivity index (χ2v) is 4.02. The van der Waals surface area contributed by atoms with E-state index in [0.717, 1.165) is 11.3 Å². The van der Waals surface area contributed by atoms with Gasteiger partial charge in [-0.25, -0.2) is 9.97 Å². The summed E-state index contributed by atoms with van der Waals surface area (Å²) in [5.41, 5.74) is 3.04. The maximum Gasteiger partial charge on any atom is 0.228 e. The third-order valence-corrected chi connectivity index (χ3v) is 2.60. The summed E-state index contributed by atoms with van der Waals surface area (Å²) in [7, 11) is 0. The fourth-order valence-electron chi connectivity index (χ4n) is 1.25. The van der Waals surface area contributed by atoms with Crippen LogP contribution >= 0.6 is 11.6 Å². The minimum Gasteiger partial charge on any atom is -0.324 e. The molecule has 1 aromatic heterocycles. The first-order valence-electron chi connectivity index (χ1n) is 4.98. The van der Waals surface area contributed by atoms with Gasteiger partial charge in [0.25, 0.3) is 0 Å². The summed E-state index contributed by atoms with van der Waals surface area (Å²) < 4.78 is 0. The Morgan fingerprint density at radius 2 is 1.81 bits per heavy atom. The number of benzene rings is 1. The second kappa shape index (κ2) is 4.49. The normalized spacial score (nSPS) is 10.2. The second-order valence-electron chi connectivity index (χ2n) is 3.66. The lowest BCUT2D eigenvalue weighted by molar-refractivity contribution is 1.13. The molecule has 82 valence electrons. The van der Waals surface area contributed by atoms with Gasteiger partial charge in [0.15, 0.2) is 0 Å². The van der Waals surface area contributed by atoms with E-state index in [2.05, 4.69) is 15.3 Å². The first-order chi connectivity index (χ1) is 7.65.